The molecular weight excluding hydrogens is 231 g/mol. The zero-order valence-electron chi connectivity index (χ0n) is 9.26. The van der Waals surface area contributed by atoms with E-state index >= 15 is 0 Å². The van der Waals surface area contributed by atoms with Gasteiger partial charge in [0, 0.05) is 6.54 Å². The van der Waals surface area contributed by atoms with Crippen LogP contribution in [0.25, 0.3) is 0 Å². The van der Waals surface area contributed by atoms with E-state index in [1.165, 1.54) is 0 Å². The summed E-state index contributed by atoms with van der Waals surface area (Å²) in [6, 6.07) is 7.72. The highest BCUT2D eigenvalue weighted by atomic mass is 19.4. The minimum absolute atomic E-state index is 0.191. The fourth-order valence-corrected chi connectivity index (χ4v) is 1.99. The number of alkyl halides is 3. The second-order valence-electron chi connectivity index (χ2n) is 4.05. The van der Waals surface area contributed by atoms with Crippen molar-refractivity contribution in [2.45, 2.75) is 18.7 Å². The van der Waals surface area contributed by atoms with Gasteiger partial charge in [-0.2, -0.15) is 13.2 Å². The van der Waals surface area contributed by atoms with Crippen LogP contribution in [0.1, 0.15) is 17.2 Å². The van der Waals surface area contributed by atoms with Gasteiger partial charge in [0.2, 0.25) is 0 Å². The van der Waals surface area contributed by atoms with E-state index in [1.807, 2.05) is 24.3 Å². The molecule has 0 spiro atoms. The highest BCUT2D eigenvalue weighted by molar-refractivity contribution is 5.31. The van der Waals surface area contributed by atoms with E-state index in [-0.39, 0.29) is 12.6 Å². The van der Waals surface area contributed by atoms with Crippen LogP contribution >= 0.6 is 0 Å². The molecule has 1 aliphatic heterocycles. The Morgan fingerprint density at radius 2 is 2.06 bits per heavy atom. The lowest BCUT2D eigenvalue weighted by Crippen LogP contribution is -2.34. The molecular formula is C12H14F3NO. The summed E-state index contributed by atoms with van der Waals surface area (Å²) in [4.78, 5) is 0. The lowest BCUT2D eigenvalue weighted by molar-refractivity contribution is -0.126. The van der Waals surface area contributed by atoms with E-state index in [2.05, 4.69) is 5.32 Å². The molecule has 94 valence electrons. The van der Waals surface area contributed by atoms with Gasteiger partial charge in [-0.3, -0.25) is 0 Å². The molecule has 1 aliphatic rings. The first-order chi connectivity index (χ1) is 8.06. The van der Waals surface area contributed by atoms with Gasteiger partial charge in [0.25, 0.3) is 0 Å². The van der Waals surface area contributed by atoms with Crippen LogP contribution in [0.4, 0.5) is 13.2 Å². The van der Waals surface area contributed by atoms with Crippen molar-refractivity contribution in [3.8, 4) is 0 Å². The fourth-order valence-electron chi connectivity index (χ4n) is 1.99. The number of halogens is 3. The summed E-state index contributed by atoms with van der Waals surface area (Å²) in [5.41, 5.74) is 2.16. The lowest BCUT2D eigenvalue weighted by Gasteiger charge is -2.26. The van der Waals surface area contributed by atoms with Gasteiger partial charge in [0.05, 0.1) is 19.3 Å². The van der Waals surface area contributed by atoms with Crippen molar-refractivity contribution < 1.29 is 17.9 Å². The highest BCUT2D eigenvalue weighted by Gasteiger charge is 2.27. The molecule has 5 heteroatoms. The zero-order valence-corrected chi connectivity index (χ0v) is 9.26. The largest absolute Gasteiger partial charge is 0.401 e. The number of hydrogen-bond donors (Lipinski definition) is 1. The quantitative estimate of drug-likeness (QED) is 0.883. The third kappa shape index (κ3) is 3.44. The summed E-state index contributed by atoms with van der Waals surface area (Å²) >= 11 is 0. The minimum Gasteiger partial charge on any atom is -0.372 e. The Morgan fingerprint density at radius 1 is 1.29 bits per heavy atom. The molecule has 1 atom stereocenters. The molecule has 1 unspecified atom stereocenters. The first-order valence-electron chi connectivity index (χ1n) is 5.53. The molecule has 1 aromatic carbocycles. The summed E-state index contributed by atoms with van der Waals surface area (Å²) in [5.74, 6) is 0. The monoisotopic (exact) mass is 245 g/mol. The molecule has 0 saturated heterocycles. The van der Waals surface area contributed by atoms with Crippen LogP contribution < -0.4 is 5.32 Å². The Hall–Kier alpha value is -1.07. The van der Waals surface area contributed by atoms with Crippen LogP contribution in [-0.2, 0) is 11.2 Å². The Bertz CT molecular complexity index is 378. The summed E-state index contributed by atoms with van der Waals surface area (Å²) in [6.45, 7) is -0.221. The second kappa shape index (κ2) is 5.06. The Kier molecular flexibility index (Phi) is 3.69. The average molecular weight is 245 g/mol. The van der Waals surface area contributed by atoms with Crippen LogP contribution in [0.2, 0.25) is 0 Å². The molecule has 0 aromatic heterocycles. The molecule has 1 N–H and O–H groups in total. The maximum atomic E-state index is 12.0. The Balaban J connectivity index is 1.95. The second-order valence-corrected chi connectivity index (χ2v) is 4.05. The number of rotatable bonds is 3. The SMILES string of the molecule is FC(F)(F)CNCC1OCCc2ccccc21. The first kappa shape index (κ1) is 12.4. The summed E-state index contributed by atoms with van der Waals surface area (Å²) in [6.07, 6.45) is -3.62. The molecule has 0 bridgehead atoms. The number of nitrogens with one attached hydrogen (secondary N) is 1. The minimum atomic E-state index is -4.17. The van der Waals surface area contributed by atoms with E-state index in [4.69, 9.17) is 4.74 Å². The van der Waals surface area contributed by atoms with E-state index in [0.29, 0.717) is 6.61 Å². The van der Waals surface area contributed by atoms with Crippen molar-refractivity contribution in [2.75, 3.05) is 19.7 Å². The number of ether oxygens (including phenoxy) is 1. The van der Waals surface area contributed by atoms with Crippen LogP contribution in [0.3, 0.4) is 0 Å². The first-order valence-corrected chi connectivity index (χ1v) is 5.53. The van der Waals surface area contributed by atoms with E-state index < -0.39 is 12.7 Å². The summed E-state index contributed by atoms with van der Waals surface area (Å²) in [5, 5.41) is 2.39. The molecule has 1 aromatic rings. The van der Waals surface area contributed by atoms with E-state index in [9.17, 15) is 13.2 Å². The number of fused-ring (bicyclic) bond motifs is 1. The molecule has 0 fully saturated rings. The molecule has 2 nitrogen and oxygen atoms in total. The van der Waals surface area contributed by atoms with Crippen LogP contribution in [0, 0.1) is 0 Å². The Morgan fingerprint density at radius 3 is 2.82 bits per heavy atom. The molecule has 2 rings (SSSR count). The van der Waals surface area contributed by atoms with Gasteiger partial charge in [0.15, 0.2) is 0 Å². The van der Waals surface area contributed by atoms with Crippen molar-refractivity contribution in [3.05, 3.63) is 35.4 Å². The van der Waals surface area contributed by atoms with Gasteiger partial charge in [-0.15, -0.1) is 0 Å². The van der Waals surface area contributed by atoms with Gasteiger partial charge in [-0.25, -0.2) is 0 Å². The van der Waals surface area contributed by atoms with Crippen LogP contribution in [-0.4, -0.2) is 25.9 Å². The van der Waals surface area contributed by atoms with Crippen molar-refractivity contribution in [1.29, 1.82) is 0 Å². The molecule has 0 aliphatic carbocycles. The average Bonchev–Trinajstić information content (AvgIpc) is 2.28. The molecule has 17 heavy (non-hydrogen) atoms. The summed E-state index contributed by atoms with van der Waals surface area (Å²) < 4.78 is 41.5. The van der Waals surface area contributed by atoms with Crippen molar-refractivity contribution in [3.63, 3.8) is 0 Å². The van der Waals surface area contributed by atoms with Crippen LogP contribution in [0.15, 0.2) is 24.3 Å². The van der Waals surface area contributed by atoms with E-state index in [1.54, 1.807) is 0 Å². The molecule has 1 heterocycles. The standard InChI is InChI=1S/C12H14F3NO/c13-12(14,15)8-16-7-11-10-4-2-1-3-9(10)5-6-17-11/h1-4,11,16H,5-8H2. The normalized spacial score (nSPS) is 20.1. The fraction of sp³-hybridized carbons (Fsp3) is 0.500. The number of benzene rings is 1. The third-order valence-electron chi connectivity index (χ3n) is 2.75. The van der Waals surface area contributed by atoms with Gasteiger partial charge >= 0.3 is 6.18 Å². The topological polar surface area (TPSA) is 21.3 Å². The van der Waals surface area contributed by atoms with Gasteiger partial charge in [-0.1, -0.05) is 24.3 Å². The van der Waals surface area contributed by atoms with Gasteiger partial charge in [-0.05, 0) is 17.5 Å². The maximum Gasteiger partial charge on any atom is 0.401 e. The predicted octanol–water partition coefficient (Wildman–Crippen LogP) is 2.45. The zero-order chi connectivity index (χ0) is 12.3. The predicted molar refractivity (Wildman–Crippen MR) is 57.8 cm³/mol. The lowest BCUT2D eigenvalue weighted by atomic mass is 9.97. The molecule has 0 amide bonds. The maximum absolute atomic E-state index is 12.0. The van der Waals surface area contributed by atoms with Gasteiger partial charge in [0.1, 0.15) is 0 Å². The smallest absolute Gasteiger partial charge is 0.372 e. The molecule has 0 saturated carbocycles. The summed E-state index contributed by atoms with van der Waals surface area (Å²) in [7, 11) is 0. The highest BCUT2D eigenvalue weighted by Crippen LogP contribution is 2.26. The van der Waals surface area contributed by atoms with Crippen molar-refractivity contribution >= 4 is 0 Å². The van der Waals surface area contributed by atoms with Gasteiger partial charge < -0.3 is 10.1 Å². The Labute approximate surface area is 97.8 Å². The van der Waals surface area contributed by atoms with Crippen molar-refractivity contribution in [2.24, 2.45) is 0 Å². The van der Waals surface area contributed by atoms with Crippen LogP contribution in [0.5, 0.6) is 0 Å². The van der Waals surface area contributed by atoms with Crippen molar-refractivity contribution in [1.82, 2.24) is 5.32 Å². The molecule has 0 radical (unpaired) electrons. The van der Waals surface area contributed by atoms with E-state index in [0.717, 1.165) is 17.5 Å². The number of hydrogen-bond acceptors (Lipinski definition) is 2. The third-order valence-corrected chi connectivity index (χ3v) is 2.75.